The predicted molar refractivity (Wildman–Crippen MR) is 63.3 cm³/mol. The summed E-state index contributed by atoms with van der Waals surface area (Å²) in [4.78, 5) is 0. The zero-order chi connectivity index (χ0) is 12.5. The number of furan rings is 1. The van der Waals surface area contributed by atoms with Gasteiger partial charge in [0.1, 0.15) is 5.76 Å². The first-order valence-electron chi connectivity index (χ1n) is 5.58. The molecule has 0 radical (unpaired) electrons. The molecular formula is C12H17N3O2. The molecule has 0 saturated heterocycles. The molecule has 0 amide bonds. The first kappa shape index (κ1) is 11.9. The molecule has 92 valence electrons. The standard InChI is InChI=1S/C12H17N3O2/c1-8-5-6-9(16-8)11-15-14-10(17-11)7-13-12(2,3)4/h5-6,13H,7H2,1-4H3. The van der Waals surface area contributed by atoms with Crippen molar-refractivity contribution >= 4 is 0 Å². The number of hydrogen-bond acceptors (Lipinski definition) is 5. The van der Waals surface area contributed by atoms with Crippen molar-refractivity contribution in [2.45, 2.75) is 39.8 Å². The molecule has 0 saturated carbocycles. The van der Waals surface area contributed by atoms with Gasteiger partial charge in [-0.25, -0.2) is 0 Å². The van der Waals surface area contributed by atoms with E-state index in [0.717, 1.165) is 5.76 Å². The first-order valence-corrected chi connectivity index (χ1v) is 5.58. The molecule has 0 fully saturated rings. The van der Waals surface area contributed by atoms with E-state index in [2.05, 4.69) is 36.3 Å². The molecule has 2 aromatic heterocycles. The Kier molecular flexibility index (Phi) is 3.02. The summed E-state index contributed by atoms with van der Waals surface area (Å²) in [5.74, 6) is 2.41. The van der Waals surface area contributed by atoms with Crippen LogP contribution in [0.1, 0.15) is 32.4 Å². The van der Waals surface area contributed by atoms with E-state index in [9.17, 15) is 0 Å². The Morgan fingerprint density at radius 1 is 1.18 bits per heavy atom. The van der Waals surface area contributed by atoms with Crippen LogP contribution in [0.3, 0.4) is 0 Å². The number of nitrogens with zero attached hydrogens (tertiary/aromatic N) is 2. The van der Waals surface area contributed by atoms with Gasteiger partial charge in [-0.3, -0.25) is 0 Å². The monoisotopic (exact) mass is 235 g/mol. The highest BCUT2D eigenvalue weighted by Gasteiger charge is 2.14. The molecule has 0 bridgehead atoms. The first-order chi connectivity index (χ1) is 7.94. The lowest BCUT2D eigenvalue weighted by atomic mass is 10.1. The van der Waals surface area contributed by atoms with Crippen molar-refractivity contribution in [1.29, 1.82) is 0 Å². The number of aryl methyl sites for hydroxylation is 1. The summed E-state index contributed by atoms with van der Waals surface area (Å²) in [6.07, 6.45) is 0. The molecule has 0 aliphatic heterocycles. The topological polar surface area (TPSA) is 64.1 Å². The van der Waals surface area contributed by atoms with Gasteiger partial charge in [0.25, 0.3) is 5.89 Å². The van der Waals surface area contributed by atoms with Gasteiger partial charge >= 0.3 is 0 Å². The van der Waals surface area contributed by atoms with Crippen molar-refractivity contribution in [2.75, 3.05) is 0 Å². The van der Waals surface area contributed by atoms with E-state index < -0.39 is 0 Å². The van der Waals surface area contributed by atoms with Crippen LogP contribution in [0.4, 0.5) is 0 Å². The third-order valence-corrected chi connectivity index (χ3v) is 2.19. The van der Waals surface area contributed by atoms with Crippen molar-refractivity contribution in [3.63, 3.8) is 0 Å². The maximum Gasteiger partial charge on any atom is 0.283 e. The highest BCUT2D eigenvalue weighted by atomic mass is 16.4. The second-order valence-corrected chi connectivity index (χ2v) is 5.01. The SMILES string of the molecule is Cc1ccc(-c2nnc(CNC(C)(C)C)o2)o1. The average molecular weight is 235 g/mol. The molecule has 5 heteroatoms. The lowest BCUT2D eigenvalue weighted by molar-refractivity contribution is 0.381. The Hall–Kier alpha value is -1.62. The third kappa shape index (κ3) is 3.17. The largest absolute Gasteiger partial charge is 0.456 e. The van der Waals surface area contributed by atoms with Crippen molar-refractivity contribution in [1.82, 2.24) is 15.5 Å². The predicted octanol–water partition coefficient (Wildman–Crippen LogP) is 2.53. The number of hydrogen-bond donors (Lipinski definition) is 1. The highest BCUT2D eigenvalue weighted by Crippen LogP contribution is 2.20. The number of rotatable bonds is 3. The van der Waals surface area contributed by atoms with E-state index in [4.69, 9.17) is 8.83 Å². The molecule has 0 unspecified atom stereocenters. The van der Waals surface area contributed by atoms with Crippen LogP contribution >= 0.6 is 0 Å². The van der Waals surface area contributed by atoms with Gasteiger partial charge in [-0.15, -0.1) is 10.2 Å². The second-order valence-electron chi connectivity index (χ2n) is 5.01. The van der Waals surface area contributed by atoms with Crippen molar-refractivity contribution in [3.05, 3.63) is 23.8 Å². The summed E-state index contributed by atoms with van der Waals surface area (Å²) in [5, 5.41) is 11.2. The maximum absolute atomic E-state index is 5.50. The molecule has 2 aromatic rings. The molecule has 0 atom stereocenters. The lowest BCUT2D eigenvalue weighted by Gasteiger charge is -2.18. The molecule has 0 aliphatic rings. The molecule has 2 rings (SSSR count). The lowest BCUT2D eigenvalue weighted by Crippen LogP contribution is -2.35. The summed E-state index contributed by atoms with van der Waals surface area (Å²) in [6.45, 7) is 8.68. The van der Waals surface area contributed by atoms with Crippen molar-refractivity contribution in [3.8, 4) is 11.7 Å². The van der Waals surface area contributed by atoms with Crippen LogP contribution < -0.4 is 5.32 Å². The van der Waals surface area contributed by atoms with Crippen molar-refractivity contribution in [2.24, 2.45) is 0 Å². The van der Waals surface area contributed by atoms with E-state index in [0.29, 0.717) is 24.1 Å². The average Bonchev–Trinajstić information content (AvgIpc) is 2.81. The van der Waals surface area contributed by atoms with Crippen LogP contribution in [-0.2, 0) is 6.54 Å². The molecule has 2 heterocycles. The van der Waals surface area contributed by atoms with Gasteiger partial charge in [0, 0.05) is 5.54 Å². The molecular weight excluding hydrogens is 218 g/mol. The fourth-order valence-electron chi connectivity index (χ4n) is 1.31. The van der Waals surface area contributed by atoms with Crippen LogP contribution in [0.15, 0.2) is 21.0 Å². The Morgan fingerprint density at radius 3 is 2.53 bits per heavy atom. The van der Waals surface area contributed by atoms with Gasteiger partial charge in [0.15, 0.2) is 5.76 Å². The van der Waals surface area contributed by atoms with E-state index in [1.165, 1.54) is 0 Å². The molecule has 1 N–H and O–H groups in total. The van der Waals surface area contributed by atoms with Crippen LogP contribution in [-0.4, -0.2) is 15.7 Å². The Balaban J connectivity index is 2.06. The quantitative estimate of drug-likeness (QED) is 0.885. The van der Waals surface area contributed by atoms with E-state index in [1.54, 1.807) is 0 Å². The Bertz CT molecular complexity index is 494. The van der Waals surface area contributed by atoms with Gasteiger partial charge in [0.05, 0.1) is 6.54 Å². The Labute approximate surface area is 100 Å². The molecule has 0 aliphatic carbocycles. The summed E-state index contributed by atoms with van der Waals surface area (Å²) < 4.78 is 10.9. The van der Waals surface area contributed by atoms with Crippen LogP contribution in [0.25, 0.3) is 11.7 Å². The van der Waals surface area contributed by atoms with Gasteiger partial charge in [0.2, 0.25) is 5.89 Å². The van der Waals surface area contributed by atoms with Crippen LogP contribution in [0, 0.1) is 6.92 Å². The summed E-state index contributed by atoms with van der Waals surface area (Å²) in [5.41, 5.74) is 0.0237. The van der Waals surface area contributed by atoms with Gasteiger partial charge in [-0.2, -0.15) is 0 Å². The number of nitrogens with one attached hydrogen (secondary N) is 1. The normalized spacial score (nSPS) is 12.0. The van der Waals surface area contributed by atoms with Gasteiger partial charge < -0.3 is 14.2 Å². The van der Waals surface area contributed by atoms with E-state index >= 15 is 0 Å². The zero-order valence-electron chi connectivity index (χ0n) is 10.6. The van der Waals surface area contributed by atoms with Crippen molar-refractivity contribution < 1.29 is 8.83 Å². The van der Waals surface area contributed by atoms with Crippen LogP contribution in [0.2, 0.25) is 0 Å². The van der Waals surface area contributed by atoms with E-state index in [1.807, 2.05) is 19.1 Å². The zero-order valence-corrected chi connectivity index (χ0v) is 10.6. The van der Waals surface area contributed by atoms with E-state index in [-0.39, 0.29) is 5.54 Å². The fourth-order valence-corrected chi connectivity index (χ4v) is 1.31. The number of aromatic nitrogens is 2. The van der Waals surface area contributed by atoms with Gasteiger partial charge in [-0.05, 0) is 39.8 Å². The Morgan fingerprint density at radius 2 is 1.94 bits per heavy atom. The molecule has 0 aromatic carbocycles. The molecule has 5 nitrogen and oxygen atoms in total. The minimum atomic E-state index is 0.0237. The molecule has 17 heavy (non-hydrogen) atoms. The summed E-state index contributed by atoms with van der Waals surface area (Å²) >= 11 is 0. The minimum Gasteiger partial charge on any atom is -0.456 e. The smallest absolute Gasteiger partial charge is 0.283 e. The fraction of sp³-hybridized carbons (Fsp3) is 0.500. The summed E-state index contributed by atoms with van der Waals surface area (Å²) in [6, 6.07) is 3.69. The minimum absolute atomic E-state index is 0.0237. The third-order valence-electron chi connectivity index (χ3n) is 2.19. The van der Waals surface area contributed by atoms with Crippen LogP contribution in [0.5, 0.6) is 0 Å². The highest BCUT2D eigenvalue weighted by molar-refractivity contribution is 5.43. The van der Waals surface area contributed by atoms with Gasteiger partial charge in [-0.1, -0.05) is 0 Å². The second kappa shape index (κ2) is 4.33. The maximum atomic E-state index is 5.50. The molecule has 0 spiro atoms. The summed E-state index contributed by atoms with van der Waals surface area (Å²) in [7, 11) is 0.